The lowest BCUT2D eigenvalue weighted by Gasteiger charge is -2.33. The van der Waals surface area contributed by atoms with E-state index >= 15 is 0 Å². The van der Waals surface area contributed by atoms with Crippen molar-refractivity contribution in [3.8, 4) is 0 Å². The molecular formula is C19H19ClF3N3O3S. The molecule has 30 heavy (non-hydrogen) atoms. The number of piperazine rings is 1. The maximum Gasteiger partial charge on any atom is 0.416 e. The highest BCUT2D eigenvalue weighted by atomic mass is 35.5. The molecule has 2 aromatic carbocycles. The summed E-state index contributed by atoms with van der Waals surface area (Å²) in [7, 11) is -3.60. The van der Waals surface area contributed by atoms with Crippen molar-refractivity contribution >= 4 is 33.2 Å². The number of nitrogens with zero attached hydrogens (tertiary/aromatic N) is 2. The summed E-state index contributed by atoms with van der Waals surface area (Å²) >= 11 is 5.89. The predicted octanol–water partition coefficient (Wildman–Crippen LogP) is 3.30. The van der Waals surface area contributed by atoms with Crippen molar-refractivity contribution < 1.29 is 26.4 Å². The van der Waals surface area contributed by atoms with Crippen LogP contribution in [0.4, 0.5) is 18.9 Å². The first kappa shape index (κ1) is 22.5. The summed E-state index contributed by atoms with van der Waals surface area (Å²) in [5.74, 6) is -0.532. The van der Waals surface area contributed by atoms with Crippen LogP contribution in [0.15, 0.2) is 53.4 Å². The molecule has 0 aromatic heterocycles. The molecule has 0 spiro atoms. The monoisotopic (exact) mass is 461 g/mol. The maximum absolute atomic E-state index is 12.8. The molecule has 0 unspecified atom stereocenters. The van der Waals surface area contributed by atoms with Gasteiger partial charge < -0.3 is 5.32 Å². The lowest BCUT2D eigenvalue weighted by atomic mass is 10.2. The van der Waals surface area contributed by atoms with Crippen molar-refractivity contribution in [2.24, 2.45) is 0 Å². The molecule has 1 heterocycles. The smallest absolute Gasteiger partial charge is 0.324 e. The molecule has 1 amide bonds. The summed E-state index contributed by atoms with van der Waals surface area (Å²) in [6.07, 6.45) is -4.55. The highest BCUT2D eigenvalue weighted by molar-refractivity contribution is 7.89. The summed E-state index contributed by atoms with van der Waals surface area (Å²) in [5.41, 5.74) is -1.04. The van der Waals surface area contributed by atoms with Crippen molar-refractivity contribution in [1.29, 1.82) is 0 Å². The average molecular weight is 462 g/mol. The van der Waals surface area contributed by atoms with E-state index in [0.717, 1.165) is 18.2 Å². The maximum atomic E-state index is 12.8. The van der Waals surface area contributed by atoms with Gasteiger partial charge in [-0.05, 0) is 30.3 Å². The largest absolute Gasteiger partial charge is 0.416 e. The molecule has 1 fully saturated rings. The minimum absolute atomic E-state index is 0.00452. The number of anilines is 1. The lowest BCUT2D eigenvalue weighted by molar-refractivity contribution is -0.137. The Balaban J connectivity index is 1.57. The Kier molecular flexibility index (Phi) is 6.71. The molecule has 2 aromatic rings. The van der Waals surface area contributed by atoms with Gasteiger partial charge in [-0.15, -0.1) is 0 Å². The number of hydrogen-bond acceptors (Lipinski definition) is 4. The standard InChI is InChI=1S/C19H19ClF3N3O3S/c20-16-7-6-14(19(21,22)23)12-17(16)24-18(27)13-25-8-10-26(11-9-25)30(28,29)15-4-2-1-3-5-15/h1-7,12H,8-11,13H2,(H,24,27). The zero-order valence-corrected chi connectivity index (χ0v) is 17.3. The van der Waals surface area contributed by atoms with E-state index in [4.69, 9.17) is 11.6 Å². The molecule has 6 nitrogen and oxygen atoms in total. The van der Waals surface area contributed by atoms with Crippen molar-refractivity contribution in [3.05, 3.63) is 59.1 Å². The second kappa shape index (κ2) is 8.93. The third-order valence-electron chi connectivity index (χ3n) is 4.65. The quantitative estimate of drug-likeness (QED) is 0.741. The van der Waals surface area contributed by atoms with E-state index in [-0.39, 0.29) is 35.2 Å². The van der Waals surface area contributed by atoms with E-state index < -0.39 is 27.7 Å². The van der Waals surface area contributed by atoms with Crippen LogP contribution in [-0.2, 0) is 21.0 Å². The summed E-state index contributed by atoms with van der Waals surface area (Å²) < 4.78 is 65.1. The molecule has 3 rings (SSSR count). The van der Waals surface area contributed by atoms with Gasteiger partial charge in [-0.1, -0.05) is 29.8 Å². The first-order chi connectivity index (χ1) is 14.1. The summed E-state index contributed by atoms with van der Waals surface area (Å²) in [4.78, 5) is 14.2. The van der Waals surface area contributed by atoms with Crippen molar-refractivity contribution in [2.45, 2.75) is 11.1 Å². The van der Waals surface area contributed by atoms with Crippen LogP contribution < -0.4 is 5.32 Å². The Morgan fingerprint density at radius 3 is 2.27 bits per heavy atom. The number of rotatable bonds is 5. The average Bonchev–Trinajstić information content (AvgIpc) is 2.70. The Labute approximate surface area is 177 Å². The van der Waals surface area contributed by atoms with E-state index in [9.17, 15) is 26.4 Å². The van der Waals surface area contributed by atoms with Crippen LogP contribution in [0.1, 0.15) is 5.56 Å². The Bertz CT molecular complexity index is 1010. The highest BCUT2D eigenvalue weighted by Gasteiger charge is 2.32. The third kappa shape index (κ3) is 5.31. The second-order valence-electron chi connectivity index (χ2n) is 6.73. The number of hydrogen-bond donors (Lipinski definition) is 1. The van der Waals surface area contributed by atoms with Gasteiger partial charge in [0.15, 0.2) is 0 Å². The fourth-order valence-corrected chi connectivity index (χ4v) is 4.67. The molecule has 11 heteroatoms. The van der Waals surface area contributed by atoms with E-state index in [0.29, 0.717) is 13.1 Å². The molecule has 162 valence electrons. The number of carbonyl (C=O) groups excluding carboxylic acids is 1. The topological polar surface area (TPSA) is 69.7 Å². The minimum Gasteiger partial charge on any atom is -0.324 e. The van der Waals surface area contributed by atoms with Crippen molar-refractivity contribution in [2.75, 3.05) is 38.0 Å². The Morgan fingerprint density at radius 1 is 1.03 bits per heavy atom. The lowest BCUT2D eigenvalue weighted by Crippen LogP contribution is -2.50. The zero-order chi connectivity index (χ0) is 21.9. The van der Waals surface area contributed by atoms with Crippen LogP contribution in [-0.4, -0.2) is 56.3 Å². The van der Waals surface area contributed by atoms with Crippen LogP contribution in [0.3, 0.4) is 0 Å². The number of halogens is 4. The van der Waals surface area contributed by atoms with Gasteiger partial charge in [0.05, 0.1) is 27.7 Å². The molecule has 0 bridgehead atoms. The molecular weight excluding hydrogens is 443 g/mol. The third-order valence-corrected chi connectivity index (χ3v) is 6.89. The first-order valence-electron chi connectivity index (χ1n) is 9.01. The summed E-state index contributed by atoms with van der Waals surface area (Å²) in [6.45, 7) is 0.945. The van der Waals surface area contributed by atoms with Gasteiger partial charge in [-0.2, -0.15) is 17.5 Å². The number of benzene rings is 2. The van der Waals surface area contributed by atoms with Crippen LogP contribution in [0, 0.1) is 0 Å². The van der Waals surface area contributed by atoms with E-state index in [1.54, 1.807) is 23.1 Å². The first-order valence-corrected chi connectivity index (χ1v) is 10.8. The Morgan fingerprint density at radius 2 is 1.67 bits per heavy atom. The van der Waals surface area contributed by atoms with E-state index in [1.807, 2.05) is 0 Å². The van der Waals surface area contributed by atoms with Gasteiger partial charge in [0.2, 0.25) is 15.9 Å². The summed E-state index contributed by atoms with van der Waals surface area (Å²) in [6, 6.07) is 10.8. The van der Waals surface area contributed by atoms with Crippen molar-refractivity contribution in [1.82, 2.24) is 9.21 Å². The zero-order valence-electron chi connectivity index (χ0n) is 15.7. The fourth-order valence-electron chi connectivity index (χ4n) is 3.06. The van der Waals surface area contributed by atoms with Crippen LogP contribution in [0.25, 0.3) is 0 Å². The normalized spacial score (nSPS) is 16.4. The Hall–Kier alpha value is -2.14. The van der Waals surface area contributed by atoms with Gasteiger partial charge >= 0.3 is 6.18 Å². The van der Waals surface area contributed by atoms with Crippen LogP contribution in [0.2, 0.25) is 5.02 Å². The molecule has 0 saturated carbocycles. The SMILES string of the molecule is O=C(CN1CCN(S(=O)(=O)c2ccccc2)CC1)Nc1cc(C(F)(F)F)ccc1Cl. The second-order valence-corrected chi connectivity index (χ2v) is 9.08. The molecule has 0 aliphatic carbocycles. The van der Waals surface area contributed by atoms with Crippen LogP contribution >= 0.6 is 11.6 Å². The van der Waals surface area contributed by atoms with E-state index in [1.165, 1.54) is 16.4 Å². The van der Waals surface area contributed by atoms with Gasteiger partial charge in [-0.3, -0.25) is 9.69 Å². The van der Waals surface area contributed by atoms with E-state index in [2.05, 4.69) is 5.32 Å². The molecule has 1 aliphatic heterocycles. The number of alkyl halides is 3. The molecule has 0 atom stereocenters. The van der Waals surface area contributed by atoms with Crippen LogP contribution in [0.5, 0.6) is 0 Å². The molecule has 1 aliphatic rings. The fraction of sp³-hybridized carbons (Fsp3) is 0.316. The predicted molar refractivity (Wildman–Crippen MR) is 107 cm³/mol. The van der Waals surface area contributed by atoms with Gasteiger partial charge in [0, 0.05) is 26.2 Å². The number of carbonyl (C=O) groups is 1. The number of sulfonamides is 1. The number of amides is 1. The van der Waals surface area contributed by atoms with Gasteiger partial charge in [-0.25, -0.2) is 8.42 Å². The summed E-state index contributed by atoms with van der Waals surface area (Å²) in [5, 5.41) is 2.39. The van der Waals surface area contributed by atoms with Gasteiger partial charge in [0.25, 0.3) is 0 Å². The molecule has 1 N–H and O–H groups in total. The van der Waals surface area contributed by atoms with Crippen molar-refractivity contribution in [3.63, 3.8) is 0 Å². The molecule has 0 radical (unpaired) electrons. The highest BCUT2D eigenvalue weighted by Crippen LogP contribution is 2.33. The molecule has 1 saturated heterocycles. The van der Waals surface area contributed by atoms with Gasteiger partial charge in [0.1, 0.15) is 0 Å². The minimum atomic E-state index is -4.55. The number of nitrogens with one attached hydrogen (secondary N) is 1.